The molecule has 0 aromatic heterocycles. The van der Waals surface area contributed by atoms with Crippen molar-refractivity contribution in [1.29, 1.82) is 0 Å². The number of hydrogen-bond acceptors (Lipinski definition) is 3. The van der Waals surface area contributed by atoms with E-state index in [1.54, 1.807) is 7.11 Å². The smallest absolute Gasteiger partial charge is 0.164 e. The maximum atomic E-state index is 5.85. The summed E-state index contributed by atoms with van der Waals surface area (Å²) in [5, 5.41) is 3.14. The molecule has 96 valence electrons. The summed E-state index contributed by atoms with van der Waals surface area (Å²) in [4.78, 5) is 0. The zero-order valence-electron chi connectivity index (χ0n) is 10.8. The van der Waals surface area contributed by atoms with Crippen LogP contribution in [-0.2, 0) is 6.42 Å². The number of halogens is 1. The molecule has 0 radical (unpaired) electrons. The van der Waals surface area contributed by atoms with Crippen molar-refractivity contribution < 1.29 is 9.47 Å². The first kappa shape index (κ1) is 14.3. The Morgan fingerprint density at radius 1 is 1.35 bits per heavy atom. The third kappa shape index (κ3) is 4.21. The standard InChI is InChI=1S/C13H20BrNO2/c1-9(2)17-13-10(5-6-15-3)7-11(14)8-12(13)16-4/h7-9,15H,5-6H2,1-4H3. The summed E-state index contributed by atoms with van der Waals surface area (Å²) in [6.45, 7) is 4.95. The molecule has 0 aliphatic rings. The second kappa shape index (κ2) is 6.87. The van der Waals surface area contributed by atoms with Gasteiger partial charge in [0.2, 0.25) is 0 Å². The Morgan fingerprint density at radius 3 is 2.59 bits per heavy atom. The monoisotopic (exact) mass is 301 g/mol. The van der Waals surface area contributed by atoms with Crippen molar-refractivity contribution in [2.75, 3.05) is 20.7 Å². The predicted molar refractivity (Wildman–Crippen MR) is 74.1 cm³/mol. The molecule has 0 aliphatic heterocycles. The molecule has 1 aromatic carbocycles. The fraction of sp³-hybridized carbons (Fsp3) is 0.538. The lowest BCUT2D eigenvalue weighted by atomic mass is 10.1. The highest BCUT2D eigenvalue weighted by atomic mass is 79.9. The maximum Gasteiger partial charge on any atom is 0.164 e. The van der Waals surface area contributed by atoms with Crippen LogP contribution in [0.25, 0.3) is 0 Å². The van der Waals surface area contributed by atoms with Gasteiger partial charge < -0.3 is 14.8 Å². The van der Waals surface area contributed by atoms with E-state index in [-0.39, 0.29) is 6.10 Å². The Hall–Kier alpha value is -0.740. The molecule has 0 spiro atoms. The van der Waals surface area contributed by atoms with Gasteiger partial charge in [0, 0.05) is 10.0 Å². The van der Waals surface area contributed by atoms with Gasteiger partial charge in [-0.15, -0.1) is 0 Å². The number of hydrogen-bond donors (Lipinski definition) is 1. The molecular weight excluding hydrogens is 282 g/mol. The van der Waals surface area contributed by atoms with E-state index in [4.69, 9.17) is 9.47 Å². The quantitative estimate of drug-likeness (QED) is 0.876. The van der Waals surface area contributed by atoms with E-state index in [0.717, 1.165) is 34.5 Å². The van der Waals surface area contributed by atoms with Crippen LogP contribution in [0.3, 0.4) is 0 Å². The van der Waals surface area contributed by atoms with Crippen LogP contribution in [0.15, 0.2) is 16.6 Å². The first-order chi connectivity index (χ1) is 8.08. The molecule has 0 saturated heterocycles. The Morgan fingerprint density at radius 2 is 2.06 bits per heavy atom. The van der Waals surface area contributed by atoms with Crippen molar-refractivity contribution in [2.45, 2.75) is 26.4 Å². The number of likely N-dealkylation sites (N-methyl/N-ethyl adjacent to an activating group) is 1. The molecule has 0 aliphatic carbocycles. The third-order valence-corrected chi connectivity index (χ3v) is 2.77. The summed E-state index contributed by atoms with van der Waals surface area (Å²) in [5.41, 5.74) is 1.15. The minimum Gasteiger partial charge on any atom is -0.493 e. The lowest BCUT2D eigenvalue weighted by molar-refractivity contribution is 0.227. The van der Waals surface area contributed by atoms with Crippen molar-refractivity contribution in [2.24, 2.45) is 0 Å². The molecule has 1 N–H and O–H groups in total. The van der Waals surface area contributed by atoms with E-state index in [2.05, 4.69) is 27.3 Å². The van der Waals surface area contributed by atoms with Crippen LogP contribution in [0.2, 0.25) is 0 Å². The maximum absolute atomic E-state index is 5.85. The van der Waals surface area contributed by atoms with Crippen LogP contribution in [0, 0.1) is 0 Å². The van der Waals surface area contributed by atoms with E-state index in [9.17, 15) is 0 Å². The SMILES string of the molecule is CNCCc1cc(Br)cc(OC)c1OC(C)C. The van der Waals surface area contributed by atoms with Crippen LogP contribution in [-0.4, -0.2) is 26.8 Å². The Balaban J connectivity index is 3.08. The molecule has 0 fully saturated rings. The number of methoxy groups -OCH3 is 1. The Bertz CT molecular complexity index is 367. The van der Waals surface area contributed by atoms with Crippen LogP contribution in [0.1, 0.15) is 19.4 Å². The van der Waals surface area contributed by atoms with Crippen LogP contribution < -0.4 is 14.8 Å². The van der Waals surface area contributed by atoms with E-state index in [1.807, 2.05) is 27.0 Å². The second-order valence-electron chi connectivity index (χ2n) is 4.12. The fourth-order valence-electron chi connectivity index (χ4n) is 1.59. The van der Waals surface area contributed by atoms with Gasteiger partial charge in [0.1, 0.15) is 0 Å². The summed E-state index contributed by atoms with van der Waals surface area (Å²) in [5.74, 6) is 1.63. The van der Waals surface area contributed by atoms with Gasteiger partial charge in [-0.25, -0.2) is 0 Å². The number of nitrogens with one attached hydrogen (secondary N) is 1. The van der Waals surface area contributed by atoms with Crippen molar-refractivity contribution in [3.8, 4) is 11.5 Å². The van der Waals surface area contributed by atoms with Gasteiger partial charge in [0.15, 0.2) is 11.5 Å². The minimum absolute atomic E-state index is 0.137. The van der Waals surface area contributed by atoms with Gasteiger partial charge >= 0.3 is 0 Å². The lowest BCUT2D eigenvalue weighted by Crippen LogP contribution is -2.13. The molecule has 1 rings (SSSR count). The van der Waals surface area contributed by atoms with Gasteiger partial charge in [-0.05, 0) is 46.0 Å². The number of rotatable bonds is 6. The van der Waals surface area contributed by atoms with E-state index >= 15 is 0 Å². The Kier molecular flexibility index (Phi) is 5.78. The number of ether oxygens (including phenoxy) is 2. The highest BCUT2D eigenvalue weighted by Crippen LogP contribution is 2.35. The molecule has 0 saturated carbocycles. The van der Waals surface area contributed by atoms with Gasteiger partial charge in [-0.3, -0.25) is 0 Å². The summed E-state index contributed by atoms with van der Waals surface area (Å²) in [6.07, 6.45) is 1.05. The molecule has 0 amide bonds. The first-order valence-corrected chi connectivity index (χ1v) is 6.55. The molecule has 0 bridgehead atoms. The van der Waals surface area contributed by atoms with Crippen LogP contribution in [0.5, 0.6) is 11.5 Å². The zero-order chi connectivity index (χ0) is 12.8. The normalized spacial score (nSPS) is 10.7. The summed E-state index contributed by atoms with van der Waals surface area (Å²) >= 11 is 3.49. The second-order valence-corrected chi connectivity index (χ2v) is 5.03. The lowest BCUT2D eigenvalue weighted by Gasteiger charge is -2.18. The topological polar surface area (TPSA) is 30.5 Å². The fourth-order valence-corrected chi connectivity index (χ4v) is 2.07. The molecule has 4 heteroatoms. The van der Waals surface area contributed by atoms with Crippen LogP contribution in [0.4, 0.5) is 0 Å². The highest BCUT2D eigenvalue weighted by molar-refractivity contribution is 9.10. The van der Waals surface area contributed by atoms with E-state index < -0.39 is 0 Å². The average Bonchev–Trinajstić information content (AvgIpc) is 2.28. The average molecular weight is 302 g/mol. The molecule has 17 heavy (non-hydrogen) atoms. The van der Waals surface area contributed by atoms with Crippen molar-refractivity contribution >= 4 is 15.9 Å². The summed E-state index contributed by atoms with van der Waals surface area (Å²) in [6, 6.07) is 4.01. The van der Waals surface area contributed by atoms with E-state index in [1.165, 1.54) is 0 Å². The third-order valence-electron chi connectivity index (χ3n) is 2.31. The summed E-state index contributed by atoms with van der Waals surface area (Å²) in [7, 11) is 3.61. The van der Waals surface area contributed by atoms with Gasteiger partial charge in [-0.2, -0.15) is 0 Å². The van der Waals surface area contributed by atoms with Crippen molar-refractivity contribution in [3.05, 3.63) is 22.2 Å². The largest absolute Gasteiger partial charge is 0.493 e. The first-order valence-electron chi connectivity index (χ1n) is 5.76. The molecule has 1 aromatic rings. The molecule has 3 nitrogen and oxygen atoms in total. The van der Waals surface area contributed by atoms with Gasteiger partial charge in [0.25, 0.3) is 0 Å². The molecule has 0 heterocycles. The van der Waals surface area contributed by atoms with E-state index in [0.29, 0.717) is 0 Å². The highest BCUT2D eigenvalue weighted by Gasteiger charge is 2.13. The molecule has 0 atom stereocenters. The van der Waals surface area contributed by atoms with Crippen LogP contribution >= 0.6 is 15.9 Å². The van der Waals surface area contributed by atoms with Gasteiger partial charge in [0.05, 0.1) is 13.2 Å². The zero-order valence-corrected chi connectivity index (χ0v) is 12.4. The molecule has 0 unspecified atom stereocenters. The predicted octanol–water partition coefficient (Wildman–Crippen LogP) is 3.01. The van der Waals surface area contributed by atoms with Crippen molar-refractivity contribution in [3.63, 3.8) is 0 Å². The van der Waals surface area contributed by atoms with Gasteiger partial charge in [-0.1, -0.05) is 15.9 Å². The molecular formula is C13H20BrNO2. The number of benzene rings is 1. The summed E-state index contributed by atoms with van der Waals surface area (Å²) < 4.78 is 12.2. The van der Waals surface area contributed by atoms with Crippen molar-refractivity contribution in [1.82, 2.24) is 5.32 Å². The Labute approximate surface area is 112 Å². The minimum atomic E-state index is 0.137.